The van der Waals surface area contributed by atoms with Crippen LogP contribution in [0.25, 0.3) is 0 Å². The van der Waals surface area contributed by atoms with Gasteiger partial charge in [0.1, 0.15) is 0 Å². The summed E-state index contributed by atoms with van der Waals surface area (Å²) in [5, 5.41) is 2.32. The number of carbonyl (C=O) groups is 2. The molecule has 1 fully saturated rings. The molecule has 14 heavy (non-hydrogen) atoms. The quantitative estimate of drug-likeness (QED) is 0.642. The highest BCUT2D eigenvalue weighted by atomic mass is 16.2. The Morgan fingerprint density at radius 1 is 1.21 bits per heavy atom. The molecule has 0 aromatic rings. The molecular weight excluding hydrogens is 178 g/mol. The van der Waals surface area contributed by atoms with Gasteiger partial charge in [-0.25, -0.2) is 0 Å². The molecule has 2 rings (SSSR count). The standard InChI is InChI=1S/C11H15NO2/c1-11(5-3-2-4-6-11)8-7-9(13)12-10(8)14/h7H,2-6H2,1H3,(H,12,13,14). The zero-order valence-corrected chi connectivity index (χ0v) is 8.43. The van der Waals surface area contributed by atoms with Crippen LogP contribution in [0.1, 0.15) is 39.0 Å². The SMILES string of the molecule is CC1(C2=CC(=O)NC2=O)CCCCC1. The van der Waals surface area contributed by atoms with Crippen molar-refractivity contribution in [3.05, 3.63) is 11.6 Å². The molecular formula is C11H15NO2. The van der Waals surface area contributed by atoms with E-state index in [1.54, 1.807) is 0 Å². The number of amides is 2. The fourth-order valence-corrected chi connectivity index (χ4v) is 2.46. The summed E-state index contributed by atoms with van der Waals surface area (Å²) in [5.74, 6) is -0.434. The second-order valence-electron chi connectivity index (χ2n) is 4.50. The molecule has 0 saturated heterocycles. The molecule has 0 radical (unpaired) electrons. The van der Waals surface area contributed by atoms with Crippen LogP contribution in [0.3, 0.4) is 0 Å². The van der Waals surface area contributed by atoms with Crippen molar-refractivity contribution < 1.29 is 9.59 Å². The zero-order valence-electron chi connectivity index (χ0n) is 8.43. The summed E-state index contributed by atoms with van der Waals surface area (Å²) in [4.78, 5) is 22.5. The summed E-state index contributed by atoms with van der Waals surface area (Å²) in [6.07, 6.45) is 7.11. The van der Waals surface area contributed by atoms with Crippen LogP contribution in [0.4, 0.5) is 0 Å². The lowest BCUT2D eigenvalue weighted by Gasteiger charge is -2.33. The molecule has 0 bridgehead atoms. The normalized spacial score (nSPS) is 25.9. The fraction of sp³-hybridized carbons (Fsp3) is 0.636. The van der Waals surface area contributed by atoms with Crippen molar-refractivity contribution in [2.45, 2.75) is 39.0 Å². The van der Waals surface area contributed by atoms with Gasteiger partial charge in [-0.3, -0.25) is 14.9 Å². The van der Waals surface area contributed by atoms with Crippen molar-refractivity contribution in [3.8, 4) is 0 Å². The second-order valence-corrected chi connectivity index (χ2v) is 4.50. The highest BCUT2D eigenvalue weighted by molar-refractivity contribution is 6.16. The molecule has 3 heteroatoms. The fourth-order valence-electron chi connectivity index (χ4n) is 2.46. The minimum atomic E-state index is -0.253. The monoisotopic (exact) mass is 193 g/mol. The van der Waals surface area contributed by atoms with Gasteiger partial charge in [0.2, 0.25) is 0 Å². The van der Waals surface area contributed by atoms with E-state index >= 15 is 0 Å². The predicted molar refractivity (Wildman–Crippen MR) is 52.4 cm³/mol. The molecule has 0 aromatic carbocycles. The smallest absolute Gasteiger partial charge is 0.254 e. The Balaban J connectivity index is 2.24. The molecule has 2 aliphatic rings. The molecule has 1 N–H and O–H groups in total. The van der Waals surface area contributed by atoms with Crippen LogP contribution in [-0.4, -0.2) is 11.8 Å². The first-order valence-corrected chi connectivity index (χ1v) is 5.19. The van der Waals surface area contributed by atoms with Crippen molar-refractivity contribution in [1.29, 1.82) is 0 Å². The van der Waals surface area contributed by atoms with Gasteiger partial charge in [0.25, 0.3) is 11.8 Å². The van der Waals surface area contributed by atoms with Gasteiger partial charge in [0.15, 0.2) is 0 Å². The first-order chi connectivity index (χ1) is 6.62. The third kappa shape index (κ3) is 1.47. The topological polar surface area (TPSA) is 46.2 Å². The van der Waals surface area contributed by atoms with Gasteiger partial charge >= 0.3 is 0 Å². The minimum Gasteiger partial charge on any atom is -0.289 e. The molecule has 1 aliphatic carbocycles. The van der Waals surface area contributed by atoms with Crippen LogP contribution in [0, 0.1) is 5.41 Å². The van der Waals surface area contributed by atoms with Crippen LogP contribution in [0.5, 0.6) is 0 Å². The van der Waals surface area contributed by atoms with E-state index in [4.69, 9.17) is 0 Å². The molecule has 1 saturated carbocycles. The van der Waals surface area contributed by atoms with Crippen LogP contribution < -0.4 is 5.32 Å². The lowest BCUT2D eigenvalue weighted by Crippen LogP contribution is -2.30. The van der Waals surface area contributed by atoms with E-state index in [-0.39, 0.29) is 17.2 Å². The summed E-state index contributed by atoms with van der Waals surface area (Å²) in [5.41, 5.74) is 0.635. The van der Waals surface area contributed by atoms with Crippen molar-refractivity contribution in [1.82, 2.24) is 5.32 Å². The molecule has 0 atom stereocenters. The van der Waals surface area contributed by atoms with E-state index in [0.29, 0.717) is 5.57 Å². The average molecular weight is 193 g/mol. The van der Waals surface area contributed by atoms with E-state index in [2.05, 4.69) is 12.2 Å². The predicted octanol–water partition coefficient (Wildman–Crippen LogP) is 1.54. The molecule has 1 aliphatic heterocycles. The Hall–Kier alpha value is -1.12. The zero-order chi connectivity index (χ0) is 10.2. The highest BCUT2D eigenvalue weighted by Gasteiger charge is 2.38. The molecule has 0 unspecified atom stereocenters. The lowest BCUT2D eigenvalue weighted by molar-refractivity contribution is -0.124. The highest BCUT2D eigenvalue weighted by Crippen LogP contribution is 2.42. The Morgan fingerprint density at radius 2 is 1.86 bits per heavy atom. The van der Waals surface area contributed by atoms with E-state index in [1.807, 2.05) is 0 Å². The van der Waals surface area contributed by atoms with E-state index in [9.17, 15) is 9.59 Å². The summed E-state index contributed by atoms with van der Waals surface area (Å²) >= 11 is 0. The Morgan fingerprint density at radius 3 is 2.36 bits per heavy atom. The molecule has 76 valence electrons. The van der Waals surface area contributed by atoms with E-state index < -0.39 is 0 Å². The molecule has 1 heterocycles. The van der Waals surface area contributed by atoms with Crippen LogP contribution in [-0.2, 0) is 9.59 Å². The van der Waals surface area contributed by atoms with Crippen molar-refractivity contribution in [3.63, 3.8) is 0 Å². The van der Waals surface area contributed by atoms with Crippen molar-refractivity contribution in [2.24, 2.45) is 5.41 Å². The van der Waals surface area contributed by atoms with E-state index in [1.165, 1.54) is 12.5 Å². The number of nitrogens with one attached hydrogen (secondary N) is 1. The van der Waals surface area contributed by atoms with Gasteiger partial charge < -0.3 is 0 Å². The second kappa shape index (κ2) is 3.23. The first-order valence-electron chi connectivity index (χ1n) is 5.19. The van der Waals surface area contributed by atoms with Gasteiger partial charge in [0.05, 0.1) is 0 Å². The molecule has 3 nitrogen and oxygen atoms in total. The van der Waals surface area contributed by atoms with Crippen molar-refractivity contribution in [2.75, 3.05) is 0 Å². The molecule has 0 spiro atoms. The van der Waals surface area contributed by atoms with E-state index in [0.717, 1.165) is 25.7 Å². The number of carbonyl (C=O) groups excluding carboxylic acids is 2. The number of hydrogen-bond acceptors (Lipinski definition) is 2. The third-order valence-electron chi connectivity index (χ3n) is 3.36. The largest absolute Gasteiger partial charge is 0.289 e. The maximum Gasteiger partial charge on any atom is 0.254 e. The Labute approximate surface area is 83.6 Å². The Bertz CT molecular complexity index is 311. The van der Waals surface area contributed by atoms with Gasteiger partial charge in [-0.1, -0.05) is 26.2 Å². The summed E-state index contributed by atoms with van der Waals surface area (Å²) in [6, 6.07) is 0. The van der Waals surface area contributed by atoms with Gasteiger partial charge in [-0.15, -0.1) is 0 Å². The maximum atomic E-state index is 11.5. The van der Waals surface area contributed by atoms with Gasteiger partial charge in [0, 0.05) is 11.6 Å². The van der Waals surface area contributed by atoms with Crippen LogP contribution in [0.15, 0.2) is 11.6 Å². The summed E-state index contributed by atoms with van der Waals surface area (Å²) < 4.78 is 0. The number of rotatable bonds is 1. The first kappa shape index (κ1) is 9.44. The third-order valence-corrected chi connectivity index (χ3v) is 3.36. The maximum absolute atomic E-state index is 11.5. The molecule has 2 amide bonds. The molecule has 0 aromatic heterocycles. The van der Waals surface area contributed by atoms with Crippen LogP contribution >= 0.6 is 0 Å². The van der Waals surface area contributed by atoms with Crippen LogP contribution in [0.2, 0.25) is 0 Å². The summed E-state index contributed by atoms with van der Waals surface area (Å²) in [6.45, 7) is 2.09. The Kier molecular flexibility index (Phi) is 2.17. The summed E-state index contributed by atoms with van der Waals surface area (Å²) in [7, 11) is 0. The van der Waals surface area contributed by atoms with Crippen molar-refractivity contribution >= 4 is 11.8 Å². The van der Waals surface area contributed by atoms with Gasteiger partial charge in [-0.05, 0) is 18.3 Å². The minimum absolute atomic E-state index is 0.0610. The average Bonchev–Trinajstić information content (AvgIpc) is 2.47. The number of imide groups is 1. The lowest BCUT2D eigenvalue weighted by atomic mass is 9.70. The number of hydrogen-bond donors (Lipinski definition) is 1. The van der Waals surface area contributed by atoms with Gasteiger partial charge in [-0.2, -0.15) is 0 Å².